The van der Waals surface area contributed by atoms with Gasteiger partial charge in [0.1, 0.15) is 5.75 Å². The maximum Gasteiger partial charge on any atom is 0.322 e. The van der Waals surface area contributed by atoms with E-state index in [9.17, 15) is 4.79 Å². The molecule has 1 atom stereocenters. The molecule has 2 heterocycles. The Balaban J connectivity index is 0.00000210. The van der Waals surface area contributed by atoms with Gasteiger partial charge < -0.3 is 25.4 Å². The van der Waals surface area contributed by atoms with Crippen LogP contribution in [0.2, 0.25) is 0 Å². The van der Waals surface area contributed by atoms with Crippen molar-refractivity contribution in [3.8, 4) is 5.75 Å². The van der Waals surface area contributed by atoms with E-state index in [1.54, 1.807) is 11.1 Å². The largest absolute Gasteiger partial charge is 0.493 e. The lowest BCUT2D eigenvalue weighted by Gasteiger charge is -2.32. The fraction of sp³-hybridized carbons (Fsp3) is 0.400. The SMILES string of the molecule is Cl.Cl.NCCC1CN(C(=O)Nc2ccc(OCCc3ccccn3)cc2)CCO1. The highest BCUT2D eigenvalue weighted by Gasteiger charge is 2.23. The van der Waals surface area contributed by atoms with E-state index in [1.807, 2.05) is 42.5 Å². The number of urea groups is 1. The number of amides is 2. The lowest BCUT2D eigenvalue weighted by Crippen LogP contribution is -2.47. The molecule has 1 unspecified atom stereocenters. The summed E-state index contributed by atoms with van der Waals surface area (Å²) < 4.78 is 11.3. The van der Waals surface area contributed by atoms with E-state index in [0.29, 0.717) is 32.8 Å². The summed E-state index contributed by atoms with van der Waals surface area (Å²) in [7, 11) is 0. The van der Waals surface area contributed by atoms with Gasteiger partial charge in [0.15, 0.2) is 0 Å². The number of nitrogens with zero attached hydrogens (tertiary/aromatic N) is 2. The van der Waals surface area contributed by atoms with Crippen LogP contribution in [0.3, 0.4) is 0 Å². The zero-order valence-electron chi connectivity index (χ0n) is 16.2. The second-order valence-corrected chi connectivity index (χ2v) is 6.39. The number of pyridine rings is 1. The molecule has 3 N–H and O–H groups in total. The van der Waals surface area contributed by atoms with Crippen molar-refractivity contribution >= 4 is 36.5 Å². The van der Waals surface area contributed by atoms with Gasteiger partial charge in [-0.3, -0.25) is 4.98 Å². The van der Waals surface area contributed by atoms with Crippen LogP contribution in [-0.2, 0) is 11.2 Å². The quantitative estimate of drug-likeness (QED) is 0.687. The van der Waals surface area contributed by atoms with Gasteiger partial charge in [0.25, 0.3) is 0 Å². The Morgan fingerprint density at radius 3 is 2.72 bits per heavy atom. The van der Waals surface area contributed by atoms with E-state index >= 15 is 0 Å². The second kappa shape index (κ2) is 13.2. The molecule has 3 rings (SSSR count). The van der Waals surface area contributed by atoms with Gasteiger partial charge in [-0.25, -0.2) is 4.79 Å². The van der Waals surface area contributed by atoms with Crippen molar-refractivity contribution in [1.29, 1.82) is 0 Å². The summed E-state index contributed by atoms with van der Waals surface area (Å²) in [5, 5.41) is 2.92. The summed E-state index contributed by atoms with van der Waals surface area (Å²) >= 11 is 0. The molecular weight excluding hydrogens is 415 g/mol. The minimum absolute atomic E-state index is 0. The first-order valence-corrected chi connectivity index (χ1v) is 9.25. The minimum Gasteiger partial charge on any atom is -0.493 e. The first-order valence-electron chi connectivity index (χ1n) is 9.25. The zero-order valence-corrected chi connectivity index (χ0v) is 17.8. The Labute approximate surface area is 183 Å². The number of carbonyl (C=O) groups is 1. The van der Waals surface area contributed by atoms with Gasteiger partial charge in [-0.1, -0.05) is 6.07 Å². The summed E-state index contributed by atoms with van der Waals surface area (Å²) in [6.45, 7) is 2.81. The topological polar surface area (TPSA) is 89.7 Å². The normalized spacial score (nSPS) is 15.6. The highest BCUT2D eigenvalue weighted by molar-refractivity contribution is 5.89. The molecule has 29 heavy (non-hydrogen) atoms. The molecule has 1 fully saturated rings. The third-order valence-electron chi connectivity index (χ3n) is 4.37. The Bertz CT molecular complexity index is 717. The molecule has 2 aromatic rings. The van der Waals surface area contributed by atoms with Crippen LogP contribution in [0.5, 0.6) is 5.75 Å². The van der Waals surface area contributed by atoms with Crippen molar-refractivity contribution in [3.63, 3.8) is 0 Å². The number of hydrogen-bond acceptors (Lipinski definition) is 5. The molecule has 1 aliphatic rings. The first kappa shape index (κ1) is 25.0. The van der Waals surface area contributed by atoms with Crippen LogP contribution in [0.25, 0.3) is 0 Å². The van der Waals surface area contributed by atoms with Gasteiger partial charge in [0.05, 0.1) is 19.3 Å². The number of carbonyl (C=O) groups excluding carboxylic acids is 1. The molecule has 7 nitrogen and oxygen atoms in total. The molecule has 9 heteroatoms. The number of halogens is 2. The Morgan fingerprint density at radius 2 is 2.03 bits per heavy atom. The Morgan fingerprint density at radius 1 is 1.24 bits per heavy atom. The molecule has 160 valence electrons. The molecule has 1 aliphatic heterocycles. The van der Waals surface area contributed by atoms with Gasteiger partial charge in [-0.2, -0.15) is 0 Å². The highest BCUT2D eigenvalue weighted by atomic mass is 35.5. The van der Waals surface area contributed by atoms with Crippen molar-refractivity contribution in [2.45, 2.75) is 18.9 Å². The zero-order chi connectivity index (χ0) is 18.9. The number of nitrogens with one attached hydrogen (secondary N) is 1. The van der Waals surface area contributed by atoms with Crippen LogP contribution in [-0.4, -0.2) is 54.9 Å². The Hall–Kier alpha value is -2.06. The predicted molar refractivity (Wildman–Crippen MR) is 118 cm³/mol. The fourth-order valence-corrected chi connectivity index (χ4v) is 2.92. The molecule has 0 radical (unpaired) electrons. The molecular formula is C20H28Cl2N4O3. The van der Waals surface area contributed by atoms with Crippen molar-refractivity contribution in [1.82, 2.24) is 9.88 Å². The lowest BCUT2D eigenvalue weighted by atomic mass is 10.2. The average molecular weight is 443 g/mol. The van der Waals surface area contributed by atoms with E-state index in [4.69, 9.17) is 15.2 Å². The summed E-state index contributed by atoms with van der Waals surface area (Å²) in [5.74, 6) is 0.762. The number of morpholine rings is 1. The van der Waals surface area contributed by atoms with Crippen LogP contribution < -0.4 is 15.8 Å². The van der Waals surface area contributed by atoms with Crippen LogP contribution >= 0.6 is 24.8 Å². The number of nitrogens with two attached hydrogens (primary N) is 1. The number of aromatic nitrogens is 1. The van der Waals surface area contributed by atoms with Crippen LogP contribution in [0.1, 0.15) is 12.1 Å². The van der Waals surface area contributed by atoms with Gasteiger partial charge in [-0.05, 0) is 49.4 Å². The fourth-order valence-electron chi connectivity index (χ4n) is 2.92. The van der Waals surface area contributed by atoms with Gasteiger partial charge >= 0.3 is 6.03 Å². The first-order chi connectivity index (χ1) is 13.2. The second-order valence-electron chi connectivity index (χ2n) is 6.39. The molecule has 1 saturated heterocycles. The number of hydrogen-bond donors (Lipinski definition) is 2. The Kier molecular flexibility index (Phi) is 11.4. The monoisotopic (exact) mass is 442 g/mol. The van der Waals surface area contributed by atoms with Crippen molar-refractivity contribution in [2.24, 2.45) is 5.73 Å². The maximum atomic E-state index is 12.4. The molecule has 0 saturated carbocycles. The van der Waals surface area contributed by atoms with E-state index in [-0.39, 0.29) is 36.9 Å². The average Bonchev–Trinajstić information content (AvgIpc) is 2.71. The van der Waals surface area contributed by atoms with Gasteiger partial charge in [0.2, 0.25) is 0 Å². The molecule has 1 aromatic heterocycles. The van der Waals surface area contributed by atoms with Gasteiger partial charge in [0, 0.05) is 37.1 Å². The highest BCUT2D eigenvalue weighted by Crippen LogP contribution is 2.17. The summed E-state index contributed by atoms with van der Waals surface area (Å²) in [5.41, 5.74) is 7.31. The van der Waals surface area contributed by atoms with E-state index in [2.05, 4.69) is 10.3 Å². The summed E-state index contributed by atoms with van der Waals surface area (Å²) in [6, 6.07) is 13.1. The number of ether oxygens (including phenoxy) is 2. The molecule has 0 bridgehead atoms. The van der Waals surface area contributed by atoms with E-state index in [0.717, 1.165) is 30.0 Å². The standard InChI is InChI=1S/C20H26N4O3.2ClH/c21-10-8-19-15-24(12-14-27-19)20(25)23-17-4-6-18(7-5-17)26-13-9-16-3-1-2-11-22-16;;/h1-7,11,19H,8-10,12-15,21H2,(H,23,25);2*1H. The third kappa shape index (κ3) is 8.06. The minimum atomic E-state index is -0.121. The van der Waals surface area contributed by atoms with Crippen LogP contribution in [0, 0.1) is 0 Å². The van der Waals surface area contributed by atoms with Crippen LogP contribution in [0.15, 0.2) is 48.7 Å². The number of rotatable bonds is 7. The smallest absolute Gasteiger partial charge is 0.322 e. The molecule has 0 aliphatic carbocycles. The number of benzene rings is 1. The number of anilines is 1. The lowest BCUT2D eigenvalue weighted by molar-refractivity contribution is -0.0146. The summed E-state index contributed by atoms with van der Waals surface area (Å²) in [4.78, 5) is 18.5. The third-order valence-corrected chi connectivity index (χ3v) is 4.37. The van der Waals surface area contributed by atoms with E-state index < -0.39 is 0 Å². The van der Waals surface area contributed by atoms with Crippen LogP contribution in [0.4, 0.5) is 10.5 Å². The van der Waals surface area contributed by atoms with Crippen molar-refractivity contribution in [3.05, 3.63) is 54.4 Å². The van der Waals surface area contributed by atoms with E-state index in [1.165, 1.54) is 0 Å². The molecule has 2 amide bonds. The summed E-state index contributed by atoms with van der Waals surface area (Å²) in [6.07, 6.45) is 3.30. The molecule has 0 spiro atoms. The van der Waals surface area contributed by atoms with Crippen molar-refractivity contribution < 1.29 is 14.3 Å². The maximum absolute atomic E-state index is 12.4. The van der Waals surface area contributed by atoms with Crippen molar-refractivity contribution in [2.75, 3.05) is 38.2 Å². The molecule has 1 aromatic carbocycles. The predicted octanol–water partition coefficient (Wildman–Crippen LogP) is 3.13. The van der Waals surface area contributed by atoms with Gasteiger partial charge in [-0.15, -0.1) is 24.8 Å².